The zero-order chi connectivity index (χ0) is 15.9. The van der Waals surface area contributed by atoms with Crippen molar-refractivity contribution in [3.63, 3.8) is 0 Å². The van der Waals surface area contributed by atoms with Crippen LogP contribution >= 0.6 is 15.9 Å². The first-order chi connectivity index (χ1) is 10.4. The smallest absolute Gasteiger partial charge is 0.254 e. The molecule has 1 atom stereocenters. The van der Waals surface area contributed by atoms with E-state index in [0.29, 0.717) is 17.5 Å². The van der Waals surface area contributed by atoms with E-state index >= 15 is 0 Å². The summed E-state index contributed by atoms with van der Waals surface area (Å²) in [6, 6.07) is 6.05. The Bertz CT molecular complexity index is 611. The summed E-state index contributed by atoms with van der Waals surface area (Å²) in [5.41, 5.74) is 1.77. The molecule has 1 aromatic carbocycles. The summed E-state index contributed by atoms with van der Waals surface area (Å²) in [6.07, 6.45) is 2.88. The highest BCUT2D eigenvalue weighted by molar-refractivity contribution is 9.10. The van der Waals surface area contributed by atoms with Gasteiger partial charge in [-0.1, -0.05) is 22.9 Å². The van der Waals surface area contributed by atoms with E-state index in [2.05, 4.69) is 28.2 Å². The van der Waals surface area contributed by atoms with Crippen molar-refractivity contribution in [1.29, 1.82) is 0 Å². The quantitative estimate of drug-likeness (QED) is 0.896. The van der Waals surface area contributed by atoms with Crippen molar-refractivity contribution in [3.8, 4) is 0 Å². The van der Waals surface area contributed by atoms with Crippen LogP contribution in [0.5, 0.6) is 0 Å². The minimum Gasteiger partial charge on any atom is -0.352 e. The largest absolute Gasteiger partial charge is 0.352 e. The van der Waals surface area contributed by atoms with Crippen molar-refractivity contribution in [2.24, 2.45) is 5.92 Å². The molecule has 1 aromatic rings. The van der Waals surface area contributed by atoms with Gasteiger partial charge in [0.15, 0.2) is 0 Å². The van der Waals surface area contributed by atoms with Crippen LogP contribution in [-0.4, -0.2) is 35.3 Å². The van der Waals surface area contributed by atoms with E-state index < -0.39 is 0 Å². The number of fused-ring (bicyclic) bond motifs is 1. The van der Waals surface area contributed by atoms with Gasteiger partial charge in [0.2, 0.25) is 5.91 Å². The molecule has 5 heteroatoms. The highest BCUT2D eigenvalue weighted by atomic mass is 79.9. The summed E-state index contributed by atoms with van der Waals surface area (Å²) >= 11 is 3.44. The molecule has 4 nitrogen and oxygen atoms in total. The van der Waals surface area contributed by atoms with Gasteiger partial charge >= 0.3 is 0 Å². The second-order valence-corrected chi connectivity index (χ2v) is 7.54. The summed E-state index contributed by atoms with van der Waals surface area (Å²) in [7, 11) is 0. The molecule has 1 aliphatic carbocycles. The van der Waals surface area contributed by atoms with Crippen molar-refractivity contribution in [3.05, 3.63) is 33.8 Å². The number of carbonyl (C=O) groups excluding carboxylic acids is 2. The van der Waals surface area contributed by atoms with Crippen LogP contribution in [0.25, 0.3) is 0 Å². The number of nitrogens with one attached hydrogen (secondary N) is 1. The fourth-order valence-electron chi connectivity index (χ4n) is 3.40. The monoisotopic (exact) mass is 364 g/mol. The van der Waals surface area contributed by atoms with Gasteiger partial charge in [0.25, 0.3) is 5.91 Å². The molecule has 118 valence electrons. The normalized spacial score (nSPS) is 27.1. The first-order valence-electron chi connectivity index (χ1n) is 7.83. The first-order valence-corrected chi connectivity index (χ1v) is 8.62. The van der Waals surface area contributed by atoms with Gasteiger partial charge in [0.1, 0.15) is 6.54 Å². The summed E-state index contributed by atoms with van der Waals surface area (Å²) in [5.74, 6) is 0.613. The summed E-state index contributed by atoms with van der Waals surface area (Å²) in [5, 5.41) is 3.03. The second-order valence-electron chi connectivity index (χ2n) is 6.63. The molecule has 0 spiro atoms. The second kappa shape index (κ2) is 6.03. The molecule has 0 unspecified atom stereocenters. The van der Waals surface area contributed by atoms with Crippen molar-refractivity contribution in [1.82, 2.24) is 10.2 Å². The lowest BCUT2D eigenvalue weighted by Gasteiger charge is -2.36. The van der Waals surface area contributed by atoms with Gasteiger partial charge in [-0.2, -0.15) is 0 Å². The van der Waals surface area contributed by atoms with Crippen LogP contribution < -0.4 is 5.32 Å². The van der Waals surface area contributed by atoms with E-state index in [1.807, 2.05) is 25.1 Å². The van der Waals surface area contributed by atoms with Gasteiger partial charge in [-0.05, 0) is 55.9 Å². The molecular weight excluding hydrogens is 344 g/mol. The highest BCUT2D eigenvalue weighted by Gasteiger charge is 2.32. The minimum atomic E-state index is -0.0438. The Balaban J connectivity index is 1.67. The third kappa shape index (κ3) is 3.05. The van der Waals surface area contributed by atoms with Crippen molar-refractivity contribution in [2.45, 2.75) is 45.2 Å². The predicted molar refractivity (Wildman–Crippen MR) is 88.7 cm³/mol. The minimum absolute atomic E-state index is 0.0420. The summed E-state index contributed by atoms with van der Waals surface area (Å²) in [4.78, 5) is 26.5. The molecule has 1 fully saturated rings. The molecule has 1 heterocycles. The van der Waals surface area contributed by atoms with Crippen LogP contribution in [0, 0.1) is 5.92 Å². The molecule has 3 rings (SSSR count). The van der Waals surface area contributed by atoms with Crippen molar-refractivity contribution < 1.29 is 9.59 Å². The van der Waals surface area contributed by atoms with Crippen LogP contribution in [0.3, 0.4) is 0 Å². The molecule has 0 bridgehead atoms. The van der Waals surface area contributed by atoms with E-state index in [1.165, 1.54) is 0 Å². The molecule has 2 aliphatic rings. The van der Waals surface area contributed by atoms with Gasteiger partial charge in [-0.3, -0.25) is 9.59 Å². The molecule has 22 heavy (non-hydrogen) atoms. The fourth-order valence-corrected chi connectivity index (χ4v) is 3.81. The molecule has 0 aromatic heterocycles. The van der Waals surface area contributed by atoms with Crippen LogP contribution in [0.15, 0.2) is 22.7 Å². The van der Waals surface area contributed by atoms with Crippen LogP contribution in [0.2, 0.25) is 0 Å². The fraction of sp³-hybridized carbons (Fsp3) is 0.529. The van der Waals surface area contributed by atoms with Gasteiger partial charge in [-0.25, -0.2) is 0 Å². The Morgan fingerprint density at radius 3 is 2.77 bits per heavy atom. The average molecular weight is 365 g/mol. The maximum absolute atomic E-state index is 12.6. The lowest BCUT2D eigenvalue weighted by atomic mass is 9.82. The SMILES string of the molecule is CC1CC(NC(=O)CN2C(=O)c3ccc(Br)cc3C[C@H]2C)C1. The van der Waals surface area contributed by atoms with E-state index in [4.69, 9.17) is 0 Å². The van der Waals surface area contributed by atoms with Crippen LogP contribution in [-0.2, 0) is 11.2 Å². The maximum Gasteiger partial charge on any atom is 0.254 e. The molecule has 0 radical (unpaired) electrons. The number of hydrogen-bond donors (Lipinski definition) is 1. The van der Waals surface area contributed by atoms with Gasteiger partial charge in [0, 0.05) is 22.1 Å². The summed E-state index contributed by atoms with van der Waals surface area (Å²) < 4.78 is 0.983. The third-order valence-corrected chi connectivity index (χ3v) is 5.15. The Labute approximate surface area is 139 Å². The molecular formula is C17H21BrN2O2. The van der Waals surface area contributed by atoms with E-state index in [-0.39, 0.29) is 24.4 Å². The van der Waals surface area contributed by atoms with Crippen molar-refractivity contribution in [2.75, 3.05) is 6.54 Å². The van der Waals surface area contributed by atoms with Gasteiger partial charge in [0.05, 0.1) is 0 Å². The maximum atomic E-state index is 12.6. The number of benzene rings is 1. The number of carbonyl (C=O) groups is 2. The number of halogens is 1. The van der Waals surface area contributed by atoms with Crippen LogP contribution in [0.4, 0.5) is 0 Å². The highest BCUT2D eigenvalue weighted by Crippen LogP contribution is 2.27. The molecule has 1 saturated carbocycles. The number of nitrogens with zero attached hydrogens (tertiary/aromatic N) is 1. The molecule has 1 aliphatic heterocycles. The molecule has 1 N–H and O–H groups in total. The average Bonchev–Trinajstić information content (AvgIpc) is 2.41. The Morgan fingerprint density at radius 2 is 2.09 bits per heavy atom. The zero-order valence-electron chi connectivity index (χ0n) is 12.9. The predicted octanol–water partition coefficient (Wildman–Crippen LogP) is 2.75. The standard InChI is InChI=1S/C17H21BrN2O2/c1-10-5-14(6-10)19-16(21)9-20-11(2)7-12-8-13(18)3-4-15(12)17(20)22/h3-4,8,10-11,14H,5-7,9H2,1-2H3,(H,19,21)/t10?,11-,14?/m1/s1. The van der Waals surface area contributed by atoms with E-state index in [9.17, 15) is 9.59 Å². The lowest BCUT2D eigenvalue weighted by molar-refractivity contribution is -0.123. The Kier molecular flexibility index (Phi) is 4.26. The zero-order valence-corrected chi connectivity index (χ0v) is 14.5. The topological polar surface area (TPSA) is 49.4 Å². The Morgan fingerprint density at radius 1 is 1.36 bits per heavy atom. The molecule has 0 saturated heterocycles. The number of hydrogen-bond acceptors (Lipinski definition) is 2. The first kappa shape index (κ1) is 15.5. The van der Waals surface area contributed by atoms with Gasteiger partial charge in [-0.15, -0.1) is 0 Å². The summed E-state index contributed by atoms with van der Waals surface area (Å²) in [6.45, 7) is 4.34. The third-order valence-electron chi connectivity index (χ3n) is 4.66. The van der Waals surface area contributed by atoms with Crippen molar-refractivity contribution >= 4 is 27.7 Å². The molecule has 2 amide bonds. The Hall–Kier alpha value is -1.36. The van der Waals surface area contributed by atoms with Crippen LogP contribution in [0.1, 0.15) is 42.6 Å². The number of amides is 2. The van der Waals surface area contributed by atoms with E-state index in [1.54, 1.807) is 4.90 Å². The van der Waals surface area contributed by atoms with E-state index in [0.717, 1.165) is 29.3 Å². The van der Waals surface area contributed by atoms with Gasteiger partial charge < -0.3 is 10.2 Å². The lowest BCUT2D eigenvalue weighted by Crippen LogP contribution is -2.52. The number of rotatable bonds is 3.